The lowest BCUT2D eigenvalue weighted by molar-refractivity contribution is -0.118. The summed E-state index contributed by atoms with van der Waals surface area (Å²) in [5.41, 5.74) is 0.795. The van der Waals surface area contributed by atoms with Gasteiger partial charge in [0.1, 0.15) is 0 Å². The minimum absolute atomic E-state index is 0.0930. The lowest BCUT2D eigenvalue weighted by atomic mass is 10.3. The maximum Gasteiger partial charge on any atom is 0.228 e. The Kier molecular flexibility index (Phi) is 5.98. The Bertz CT molecular complexity index is 500. The highest BCUT2D eigenvalue weighted by Gasteiger charge is 2.12. The summed E-state index contributed by atoms with van der Waals surface area (Å²) in [5.74, 6) is -0.0270. The van der Waals surface area contributed by atoms with E-state index in [1.807, 2.05) is 30.3 Å². The van der Waals surface area contributed by atoms with Crippen molar-refractivity contribution in [3.63, 3.8) is 0 Å². The molecule has 0 unspecified atom stereocenters. The van der Waals surface area contributed by atoms with Gasteiger partial charge in [0.25, 0.3) is 0 Å². The average molecular weight is 284 g/mol. The van der Waals surface area contributed by atoms with E-state index < -0.39 is 10.0 Å². The second kappa shape index (κ2) is 7.25. The van der Waals surface area contributed by atoms with Crippen LogP contribution in [-0.2, 0) is 14.8 Å². The maximum absolute atomic E-state index is 11.9. The van der Waals surface area contributed by atoms with Gasteiger partial charge in [0.05, 0.1) is 5.75 Å². The molecule has 1 amide bonds. The van der Waals surface area contributed by atoms with Crippen molar-refractivity contribution >= 4 is 21.6 Å². The number of hydrogen-bond acceptors (Lipinski definition) is 3. The van der Waals surface area contributed by atoms with Gasteiger partial charge in [-0.3, -0.25) is 4.79 Å². The van der Waals surface area contributed by atoms with E-state index in [9.17, 15) is 13.2 Å². The molecule has 19 heavy (non-hydrogen) atoms. The standard InChI is InChI=1S/C13H20N2O3S/c1-3-11-19(17,18)14-10-9-13(16)15(2)12-7-5-4-6-8-12/h4-8,14H,3,9-11H2,1-2H3. The molecule has 0 heterocycles. The minimum Gasteiger partial charge on any atom is -0.315 e. The third-order valence-electron chi connectivity index (χ3n) is 2.65. The van der Waals surface area contributed by atoms with E-state index >= 15 is 0 Å². The lowest BCUT2D eigenvalue weighted by Gasteiger charge is -2.17. The Labute approximate surface area is 114 Å². The van der Waals surface area contributed by atoms with Crippen LogP contribution in [0.3, 0.4) is 0 Å². The highest BCUT2D eigenvalue weighted by Crippen LogP contribution is 2.11. The highest BCUT2D eigenvalue weighted by molar-refractivity contribution is 7.89. The normalized spacial score (nSPS) is 11.3. The van der Waals surface area contributed by atoms with Crippen LogP contribution in [0.1, 0.15) is 19.8 Å². The van der Waals surface area contributed by atoms with Crippen LogP contribution in [0.4, 0.5) is 5.69 Å². The first-order valence-corrected chi connectivity index (χ1v) is 7.90. The number of nitrogens with zero attached hydrogens (tertiary/aromatic N) is 1. The molecule has 0 atom stereocenters. The molecule has 1 rings (SSSR count). The zero-order valence-corrected chi connectivity index (χ0v) is 12.1. The Morgan fingerprint density at radius 3 is 2.47 bits per heavy atom. The van der Waals surface area contributed by atoms with Gasteiger partial charge in [-0.1, -0.05) is 25.1 Å². The third-order valence-corrected chi connectivity index (χ3v) is 4.24. The number of benzene rings is 1. The molecule has 0 aliphatic carbocycles. The van der Waals surface area contributed by atoms with Crippen LogP contribution in [0, 0.1) is 0 Å². The van der Waals surface area contributed by atoms with E-state index in [4.69, 9.17) is 0 Å². The second-order valence-electron chi connectivity index (χ2n) is 4.25. The molecule has 1 aromatic rings. The lowest BCUT2D eigenvalue weighted by Crippen LogP contribution is -2.33. The molecule has 1 N–H and O–H groups in total. The first-order chi connectivity index (χ1) is 8.96. The summed E-state index contributed by atoms with van der Waals surface area (Å²) < 4.78 is 25.3. The third kappa shape index (κ3) is 5.40. The molecule has 106 valence electrons. The zero-order valence-electron chi connectivity index (χ0n) is 11.3. The van der Waals surface area contributed by atoms with Crippen LogP contribution in [0.15, 0.2) is 30.3 Å². The first kappa shape index (κ1) is 15.7. The number of carbonyl (C=O) groups is 1. The average Bonchev–Trinajstić information content (AvgIpc) is 2.38. The Balaban J connectivity index is 2.44. The number of nitrogens with one attached hydrogen (secondary N) is 1. The quantitative estimate of drug-likeness (QED) is 0.822. The first-order valence-electron chi connectivity index (χ1n) is 6.25. The summed E-state index contributed by atoms with van der Waals surface area (Å²) in [4.78, 5) is 13.4. The van der Waals surface area contributed by atoms with Gasteiger partial charge in [-0.25, -0.2) is 13.1 Å². The number of sulfonamides is 1. The van der Waals surface area contributed by atoms with Crippen LogP contribution in [0.25, 0.3) is 0 Å². The molecule has 0 saturated heterocycles. The van der Waals surface area contributed by atoms with Crippen molar-refractivity contribution in [2.24, 2.45) is 0 Å². The molecular formula is C13H20N2O3S. The number of para-hydroxylation sites is 1. The summed E-state index contributed by atoms with van der Waals surface area (Å²) in [5, 5.41) is 0. The topological polar surface area (TPSA) is 66.5 Å². The molecule has 0 fully saturated rings. The fraction of sp³-hybridized carbons (Fsp3) is 0.462. The Morgan fingerprint density at radius 2 is 1.89 bits per heavy atom. The van der Waals surface area contributed by atoms with Gasteiger partial charge in [0.15, 0.2) is 0 Å². The van der Waals surface area contributed by atoms with Crippen molar-refractivity contribution < 1.29 is 13.2 Å². The molecule has 0 saturated carbocycles. The van der Waals surface area contributed by atoms with E-state index in [0.29, 0.717) is 6.42 Å². The van der Waals surface area contributed by atoms with Gasteiger partial charge in [0.2, 0.25) is 15.9 Å². The van der Waals surface area contributed by atoms with Gasteiger partial charge in [0, 0.05) is 25.7 Å². The van der Waals surface area contributed by atoms with Gasteiger partial charge >= 0.3 is 0 Å². The van der Waals surface area contributed by atoms with Crippen molar-refractivity contribution in [2.45, 2.75) is 19.8 Å². The van der Waals surface area contributed by atoms with Crippen LogP contribution < -0.4 is 9.62 Å². The van der Waals surface area contributed by atoms with Crippen molar-refractivity contribution in [1.29, 1.82) is 0 Å². The molecular weight excluding hydrogens is 264 g/mol. The van der Waals surface area contributed by atoms with Gasteiger partial charge in [-0.05, 0) is 18.6 Å². The van der Waals surface area contributed by atoms with E-state index in [2.05, 4.69) is 4.72 Å². The smallest absolute Gasteiger partial charge is 0.228 e. The highest BCUT2D eigenvalue weighted by atomic mass is 32.2. The molecule has 0 aliphatic heterocycles. The van der Waals surface area contributed by atoms with Crippen LogP contribution in [-0.4, -0.2) is 33.7 Å². The van der Waals surface area contributed by atoms with Crippen molar-refractivity contribution in [2.75, 3.05) is 24.2 Å². The molecule has 0 aromatic heterocycles. The van der Waals surface area contributed by atoms with Crippen molar-refractivity contribution in [3.8, 4) is 0 Å². The fourth-order valence-electron chi connectivity index (χ4n) is 1.62. The SMILES string of the molecule is CCCS(=O)(=O)NCCC(=O)N(C)c1ccccc1. The predicted octanol–water partition coefficient (Wildman–Crippen LogP) is 1.37. The van der Waals surface area contributed by atoms with Crippen LogP contribution in [0.5, 0.6) is 0 Å². The second-order valence-corrected chi connectivity index (χ2v) is 6.18. The molecule has 0 radical (unpaired) electrons. The monoisotopic (exact) mass is 284 g/mol. The molecule has 6 heteroatoms. The number of hydrogen-bond donors (Lipinski definition) is 1. The molecule has 0 bridgehead atoms. The van der Waals surface area contributed by atoms with Crippen molar-refractivity contribution in [1.82, 2.24) is 4.72 Å². The largest absolute Gasteiger partial charge is 0.315 e. The molecule has 1 aromatic carbocycles. The summed E-state index contributed by atoms with van der Waals surface area (Å²) >= 11 is 0. The van der Waals surface area contributed by atoms with Gasteiger partial charge in [-0.2, -0.15) is 0 Å². The number of amides is 1. The number of rotatable bonds is 7. The number of anilines is 1. The van der Waals surface area contributed by atoms with Crippen LogP contribution in [0.2, 0.25) is 0 Å². The fourth-order valence-corrected chi connectivity index (χ4v) is 2.71. The maximum atomic E-state index is 11.9. The Hall–Kier alpha value is -1.40. The molecule has 5 nitrogen and oxygen atoms in total. The summed E-state index contributed by atoms with van der Waals surface area (Å²) in [6.07, 6.45) is 0.710. The summed E-state index contributed by atoms with van der Waals surface area (Å²) in [6, 6.07) is 9.24. The van der Waals surface area contributed by atoms with Gasteiger partial charge in [-0.15, -0.1) is 0 Å². The molecule has 0 aliphatic rings. The minimum atomic E-state index is -3.24. The zero-order chi connectivity index (χ0) is 14.3. The van der Waals surface area contributed by atoms with E-state index in [1.54, 1.807) is 14.0 Å². The van der Waals surface area contributed by atoms with Gasteiger partial charge < -0.3 is 4.90 Å². The van der Waals surface area contributed by atoms with Crippen molar-refractivity contribution in [3.05, 3.63) is 30.3 Å². The summed E-state index contributed by atoms with van der Waals surface area (Å²) in [6.45, 7) is 1.94. The predicted molar refractivity (Wildman–Crippen MR) is 76.5 cm³/mol. The van der Waals surface area contributed by atoms with E-state index in [0.717, 1.165) is 5.69 Å². The Morgan fingerprint density at radius 1 is 1.26 bits per heavy atom. The molecule has 0 spiro atoms. The summed E-state index contributed by atoms with van der Waals surface area (Å²) in [7, 11) is -1.56. The van der Waals surface area contributed by atoms with Crippen LogP contribution >= 0.6 is 0 Å². The number of carbonyl (C=O) groups excluding carboxylic acids is 1. The van der Waals surface area contributed by atoms with E-state index in [1.165, 1.54) is 4.90 Å². The van der Waals surface area contributed by atoms with E-state index in [-0.39, 0.29) is 24.6 Å².